The maximum absolute atomic E-state index is 10.6. The van der Waals surface area contributed by atoms with E-state index in [9.17, 15) is 10.1 Å². The van der Waals surface area contributed by atoms with Crippen molar-refractivity contribution in [2.45, 2.75) is 19.8 Å². The standard InChI is InChI=1S/C11H18N4O2/c1-2-13-5-7-14(8-6-13)11-4-3-10(9-12-11)15(16)17/h9H,2-8H2,1H3. The first-order valence-electron chi connectivity index (χ1n) is 6.08. The van der Waals surface area contributed by atoms with E-state index >= 15 is 0 Å². The first-order valence-corrected chi connectivity index (χ1v) is 6.08. The molecule has 0 amide bonds. The molecule has 0 unspecified atom stereocenters. The number of aliphatic imine (C=N–C) groups is 1. The van der Waals surface area contributed by atoms with Crippen molar-refractivity contribution in [3.63, 3.8) is 0 Å². The van der Waals surface area contributed by atoms with Gasteiger partial charge in [0, 0.05) is 39.0 Å². The zero-order chi connectivity index (χ0) is 12.3. The molecular formula is C11H18N4O2. The second kappa shape index (κ2) is 5.27. The number of piperazine rings is 1. The highest BCUT2D eigenvalue weighted by Crippen LogP contribution is 2.16. The fourth-order valence-corrected chi connectivity index (χ4v) is 2.22. The van der Waals surface area contributed by atoms with Crippen molar-refractivity contribution in [3.05, 3.63) is 22.0 Å². The van der Waals surface area contributed by atoms with Crippen LogP contribution >= 0.6 is 0 Å². The minimum atomic E-state index is -0.338. The van der Waals surface area contributed by atoms with Crippen molar-refractivity contribution < 1.29 is 4.92 Å². The molecule has 17 heavy (non-hydrogen) atoms. The van der Waals surface area contributed by atoms with Gasteiger partial charge in [-0.3, -0.25) is 10.1 Å². The molecule has 2 aliphatic rings. The van der Waals surface area contributed by atoms with Gasteiger partial charge >= 0.3 is 0 Å². The Balaban J connectivity index is 1.94. The van der Waals surface area contributed by atoms with Gasteiger partial charge in [-0.2, -0.15) is 0 Å². The van der Waals surface area contributed by atoms with Crippen LogP contribution in [0.5, 0.6) is 0 Å². The third-order valence-electron chi connectivity index (χ3n) is 3.39. The van der Waals surface area contributed by atoms with Crippen molar-refractivity contribution in [2.75, 3.05) is 32.7 Å². The highest BCUT2D eigenvalue weighted by molar-refractivity contribution is 5.84. The number of likely N-dealkylation sites (N-methyl/N-ethyl adjacent to an activating group) is 1. The summed E-state index contributed by atoms with van der Waals surface area (Å²) in [4.78, 5) is 19.1. The van der Waals surface area contributed by atoms with E-state index in [2.05, 4.69) is 21.7 Å². The molecule has 1 saturated heterocycles. The van der Waals surface area contributed by atoms with Crippen molar-refractivity contribution in [3.8, 4) is 0 Å². The van der Waals surface area contributed by atoms with Crippen LogP contribution in [0.3, 0.4) is 0 Å². The summed E-state index contributed by atoms with van der Waals surface area (Å²) < 4.78 is 0. The van der Waals surface area contributed by atoms with Gasteiger partial charge in [0.05, 0.1) is 4.92 Å². The normalized spacial score (nSPS) is 22.1. The molecule has 6 heteroatoms. The van der Waals surface area contributed by atoms with E-state index in [0.717, 1.165) is 38.6 Å². The van der Waals surface area contributed by atoms with E-state index in [1.54, 1.807) is 0 Å². The number of hydrogen-bond acceptors (Lipinski definition) is 5. The van der Waals surface area contributed by atoms with Crippen LogP contribution < -0.4 is 0 Å². The Morgan fingerprint density at radius 2 is 2.06 bits per heavy atom. The van der Waals surface area contributed by atoms with Crippen LogP contribution in [-0.2, 0) is 0 Å². The molecule has 0 aromatic rings. The molecule has 0 saturated carbocycles. The predicted molar refractivity (Wildman–Crippen MR) is 65.4 cm³/mol. The molecule has 0 aromatic carbocycles. The molecule has 0 atom stereocenters. The van der Waals surface area contributed by atoms with Crippen LogP contribution in [0.15, 0.2) is 16.9 Å². The molecule has 2 heterocycles. The smallest absolute Gasteiger partial charge is 0.264 e. The summed E-state index contributed by atoms with van der Waals surface area (Å²) in [6.07, 6.45) is 2.60. The Kier molecular flexibility index (Phi) is 3.73. The number of nitrogens with zero attached hydrogens (tertiary/aromatic N) is 4. The van der Waals surface area contributed by atoms with Gasteiger partial charge in [-0.15, -0.1) is 0 Å². The predicted octanol–water partition coefficient (Wildman–Crippen LogP) is 0.934. The maximum Gasteiger partial charge on any atom is 0.264 e. The van der Waals surface area contributed by atoms with E-state index < -0.39 is 0 Å². The van der Waals surface area contributed by atoms with Crippen LogP contribution in [-0.4, -0.2) is 53.3 Å². The third-order valence-corrected chi connectivity index (χ3v) is 3.39. The fourth-order valence-electron chi connectivity index (χ4n) is 2.22. The molecule has 0 aliphatic carbocycles. The molecule has 94 valence electrons. The van der Waals surface area contributed by atoms with E-state index in [4.69, 9.17) is 0 Å². The molecule has 6 nitrogen and oxygen atoms in total. The molecule has 0 spiro atoms. The number of allylic oxidation sites excluding steroid dienone is 1. The largest absolute Gasteiger partial charge is 0.357 e. The second-order valence-electron chi connectivity index (χ2n) is 4.34. The fraction of sp³-hybridized carbons (Fsp3) is 0.727. The monoisotopic (exact) mass is 238 g/mol. The topological polar surface area (TPSA) is 62.0 Å². The number of rotatable bonds is 2. The van der Waals surface area contributed by atoms with Gasteiger partial charge in [0.25, 0.3) is 5.70 Å². The highest BCUT2D eigenvalue weighted by Gasteiger charge is 2.23. The van der Waals surface area contributed by atoms with E-state index in [1.807, 2.05) is 0 Å². The minimum Gasteiger partial charge on any atom is -0.357 e. The SMILES string of the molecule is CCN1CCN(C2=NC=C([N+](=O)[O-])CC2)CC1. The van der Waals surface area contributed by atoms with Crippen molar-refractivity contribution in [1.82, 2.24) is 9.80 Å². The summed E-state index contributed by atoms with van der Waals surface area (Å²) in [6.45, 7) is 7.33. The van der Waals surface area contributed by atoms with Crippen molar-refractivity contribution in [2.24, 2.45) is 4.99 Å². The summed E-state index contributed by atoms with van der Waals surface area (Å²) in [6, 6.07) is 0. The van der Waals surface area contributed by atoms with Gasteiger partial charge in [0.1, 0.15) is 12.0 Å². The van der Waals surface area contributed by atoms with Crippen LogP contribution in [0, 0.1) is 10.1 Å². The van der Waals surface area contributed by atoms with Gasteiger partial charge in [0.15, 0.2) is 0 Å². The van der Waals surface area contributed by atoms with Gasteiger partial charge in [-0.1, -0.05) is 6.92 Å². The van der Waals surface area contributed by atoms with E-state index in [-0.39, 0.29) is 10.6 Å². The number of amidine groups is 1. The van der Waals surface area contributed by atoms with Gasteiger partial charge in [-0.05, 0) is 6.54 Å². The molecular weight excluding hydrogens is 220 g/mol. The number of nitro groups is 1. The molecule has 2 rings (SSSR count). The molecule has 0 N–H and O–H groups in total. The van der Waals surface area contributed by atoms with E-state index in [0.29, 0.717) is 12.8 Å². The van der Waals surface area contributed by atoms with Gasteiger partial charge < -0.3 is 9.80 Å². The first kappa shape index (κ1) is 12.0. The maximum atomic E-state index is 10.6. The molecule has 0 radical (unpaired) electrons. The molecule has 0 aromatic heterocycles. The summed E-state index contributed by atoms with van der Waals surface area (Å²) >= 11 is 0. The summed E-state index contributed by atoms with van der Waals surface area (Å²) in [5, 5.41) is 10.6. The van der Waals surface area contributed by atoms with Gasteiger partial charge in [0.2, 0.25) is 0 Å². The Morgan fingerprint density at radius 3 is 2.53 bits per heavy atom. The first-order chi connectivity index (χ1) is 8.20. The summed E-state index contributed by atoms with van der Waals surface area (Å²) in [5.41, 5.74) is 0.223. The van der Waals surface area contributed by atoms with E-state index in [1.165, 1.54) is 6.20 Å². The lowest BCUT2D eigenvalue weighted by Crippen LogP contribution is -2.48. The summed E-state index contributed by atoms with van der Waals surface area (Å²) in [7, 11) is 0. The Bertz CT molecular complexity index is 356. The Morgan fingerprint density at radius 1 is 1.35 bits per heavy atom. The molecule has 1 fully saturated rings. The third kappa shape index (κ3) is 2.82. The highest BCUT2D eigenvalue weighted by atomic mass is 16.6. The van der Waals surface area contributed by atoms with Crippen molar-refractivity contribution >= 4 is 5.84 Å². The van der Waals surface area contributed by atoms with Gasteiger partial charge in [-0.25, -0.2) is 4.99 Å². The lowest BCUT2D eigenvalue weighted by molar-refractivity contribution is -0.428. The van der Waals surface area contributed by atoms with Crippen LogP contribution in [0.4, 0.5) is 0 Å². The summed E-state index contributed by atoms with van der Waals surface area (Å²) in [5.74, 6) is 1.01. The molecule has 2 aliphatic heterocycles. The minimum absolute atomic E-state index is 0.223. The zero-order valence-electron chi connectivity index (χ0n) is 10.1. The second-order valence-corrected chi connectivity index (χ2v) is 4.34. The zero-order valence-corrected chi connectivity index (χ0v) is 10.1. The Labute approximate surface area is 101 Å². The lowest BCUT2D eigenvalue weighted by atomic mass is 10.1. The lowest BCUT2D eigenvalue weighted by Gasteiger charge is -2.36. The average molecular weight is 238 g/mol. The van der Waals surface area contributed by atoms with Crippen LogP contribution in [0.2, 0.25) is 0 Å². The quantitative estimate of drug-likeness (QED) is 0.530. The molecule has 0 bridgehead atoms. The van der Waals surface area contributed by atoms with Crippen molar-refractivity contribution in [1.29, 1.82) is 0 Å². The average Bonchev–Trinajstić information content (AvgIpc) is 2.39. The van der Waals surface area contributed by atoms with Crippen LogP contribution in [0.1, 0.15) is 19.8 Å². The number of hydrogen-bond donors (Lipinski definition) is 0. The Hall–Kier alpha value is -1.43. The van der Waals surface area contributed by atoms with Crippen LogP contribution in [0.25, 0.3) is 0 Å².